The number of carbonyl (C=O) groups excluding carboxylic acids is 2. The lowest BCUT2D eigenvalue weighted by atomic mass is 10.1. The van der Waals surface area contributed by atoms with Crippen molar-refractivity contribution in [1.82, 2.24) is 25.2 Å². The summed E-state index contributed by atoms with van der Waals surface area (Å²) in [7, 11) is 1.55. The fraction of sp³-hybridized carbons (Fsp3) is 0.250. The van der Waals surface area contributed by atoms with Gasteiger partial charge in [-0.05, 0) is 30.2 Å². The van der Waals surface area contributed by atoms with Crippen LogP contribution in [-0.4, -0.2) is 33.4 Å². The van der Waals surface area contributed by atoms with Crippen LogP contribution in [0, 0.1) is 0 Å². The summed E-state index contributed by atoms with van der Waals surface area (Å²) < 4.78 is 1.38. The largest absolute Gasteiger partial charge is 0.355 e. The predicted octanol–water partition coefficient (Wildman–Crippen LogP) is 0.784. The summed E-state index contributed by atoms with van der Waals surface area (Å²) in [5.41, 5.74) is 0.584. The predicted molar refractivity (Wildman–Crippen MR) is 108 cm³/mol. The maximum atomic E-state index is 12.5. The number of aryl methyl sites for hydroxylation is 1. The Kier molecular flexibility index (Phi) is 5.87. The number of aromatic nitrogens is 3. The number of aromatic amines is 1. The van der Waals surface area contributed by atoms with Crippen molar-refractivity contribution in [1.29, 1.82) is 0 Å². The van der Waals surface area contributed by atoms with Gasteiger partial charge in [-0.15, -0.1) is 0 Å². The molecule has 0 bridgehead atoms. The molecule has 2 aromatic heterocycles. The van der Waals surface area contributed by atoms with E-state index in [2.05, 4.69) is 20.6 Å². The van der Waals surface area contributed by atoms with E-state index in [4.69, 9.17) is 0 Å². The minimum atomic E-state index is -0.585. The van der Waals surface area contributed by atoms with Gasteiger partial charge in [-0.25, -0.2) is 9.78 Å². The summed E-state index contributed by atoms with van der Waals surface area (Å²) >= 11 is 0. The first kappa shape index (κ1) is 20.0. The van der Waals surface area contributed by atoms with Gasteiger partial charge in [0.1, 0.15) is 5.65 Å². The van der Waals surface area contributed by atoms with Crippen LogP contribution in [0.3, 0.4) is 0 Å². The number of H-pyrrole nitrogens is 1. The van der Waals surface area contributed by atoms with Gasteiger partial charge in [0.15, 0.2) is 0 Å². The quantitative estimate of drug-likeness (QED) is 0.569. The van der Waals surface area contributed by atoms with Crippen LogP contribution >= 0.6 is 0 Å². The molecule has 2 amide bonds. The molecule has 150 valence electrons. The molecular formula is C20H21N5O4. The van der Waals surface area contributed by atoms with Crippen LogP contribution < -0.4 is 21.9 Å². The summed E-state index contributed by atoms with van der Waals surface area (Å²) in [4.78, 5) is 54.8. The summed E-state index contributed by atoms with van der Waals surface area (Å²) in [6.07, 6.45) is 2.03. The van der Waals surface area contributed by atoms with Gasteiger partial charge in [0, 0.05) is 31.9 Å². The molecule has 0 unspecified atom stereocenters. The highest BCUT2D eigenvalue weighted by molar-refractivity contribution is 5.97. The number of fused-ring (bicyclic) bond motifs is 1. The smallest absolute Gasteiger partial charge is 0.329 e. The second-order valence-electron chi connectivity index (χ2n) is 6.47. The third kappa shape index (κ3) is 4.23. The number of nitrogens with zero attached hydrogens (tertiary/aromatic N) is 2. The van der Waals surface area contributed by atoms with Crippen LogP contribution in [0.4, 0.5) is 0 Å². The van der Waals surface area contributed by atoms with Crippen LogP contribution in [0.2, 0.25) is 0 Å². The topological polar surface area (TPSA) is 126 Å². The van der Waals surface area contributed by atoms with Crippen molar-refractivity contribution in [2.45, 2.75) is 26.4 Å². The van der Waals surface area contributed by atoms with Crippen molar-refractivity contribution in [3.05, 3.63) is 74.1 Å². The molecule has 3 aromatic rings. The van der Waals surface area contributed by atoms with E-state index in [-0.39, 0.29) is 29.0 Å². The van der Waals surface area contributed by atoms with Gasteiger partial charge < -0.3 is 10.6 Å². The molecule has 3 rings (SSSR count). The molecule has 0 radical (unpaired) electrons. The third-order valence-corrected chi connectivity index (χ3v) is 4.41. The fourth-order valence-electron chi connectivity index (χ4n) is 2.97. The number of hydrogen-bond donors (Lipinski definition) is 3. The highest BCUT2D eigenvalue weighted by Gasteiger charge is 2.13. The molecule has 3 N–H and O–H groups in total. The lowest BCUT2D eigenvalue weighted by molar-refractivity contribution is 0.0948. The lowest BCUT2D eigenvalue weighted by Gasteiger charge is -2.09. The van der Waals surface area contributed by atoms with E-state index in [0.29, 0.717) is 18.5 Å². The molecule has 0 saturated carbocycles. The number of amides is 2. The van der Waals surface area contributed by atoms with Crippen molar-refractivity contribution in [2.24, 2.45) is 0 Å². The Morgan fingerprint density at radius 3 is 2.66 bits per heavy atom. The van der Waals surface area contributed by atoms with Crippen molar-refractivity contribution in [3.63, 3.8) is 0 Å². The van der Waals surface area contributed by atoms with Gasteiger partial charge >= 0.3 is 5.69 Å². The summed E-state index contributed by atoms with van der Waals surface area (Å²) in [5, 5.41) is 5.46. The van der Waals surface area contributed by atoms with Crippen LogP contribution in [0.25, 0.3) is 11.0 Å². The molecule has 2 heterocycles. The molecule has 1 aromatic carbocycles. The van der Waals surface area contributed by atoms with E-state index in [9.17, 15) is 19.2 Å². The Labute approximate surface area is 165 Å². The Bertz CT molecular complexity index is 1200. The first-order valence-electron chi connectivity index (χ1n) is 9.16. The minimum Gasteiger partial charge on any atom is -0.355 e. The standard InChI is InChI=1S/C20H21N5O4/c1-3-7-25-16-15(19(28)24-20(25)29)9-14(11-22-16)18(27)23-10-12-5-4-6-13(8-12)17(26)21-2/h4-6,8-9,11H,3,7,10H2,1-2H3,(H,21,26)(H,23,27)(H,24,28,29). The second-order valence-corrected chi connectivity index (χ2v) is 6.47. The molecule has 29 heavy (non-hydrogen) atoms. The number of nitrogens with one attached hydrogen (secondary N) is 3. The van der Waals surface area contributed by atoms with E-state index in [1.165, 1.54) is 16.8 Å². The van der Waals surface area contributed by atoms with Gasteiger partial charge in [-0.3, -0.25) is 23.9 Å². The van der Waals surface area contributed by atoms with Crippen LogP contribution in [0.15, 0.2) is 46.1 Å². The van der Waals surface area contributed by atoms with E-state index in [1.54, 1.807) is 31.3 Å². The second kappa shape index (κ2) is 8.51. The van der Waals surface area contributed by atoms with Crippen molar-refractivity contribution in [2.75, 3.05) is 7.05 Å². The van der Waals surface area contributed by atoms with Gasteiger partial charge in [0.2, 0.25) is 0 Å². The lowest BCUT2D eigenvalue weighted by Crippen LogP contribution is -2.31. The van der Waals surface area contributed by atoms with E-state index < -0.39 is 17.2 Å². The van der Waals surface area contributed by atoms with Crippen LogP contribution in [0.5, 0.6) is 0 Å². The zero-order valence-electron chi connectivity index (χ0n) is 16.1. The normalized spacial score (nSPS) is 10.7. The van der Waals surface area contributed by atoms with Crippen LogP contribution in [-0.2, 0) is 13.1 Å². The Hall–Kier alpha value is -3.75. The van der Waals surface area contributed by atoms with Crippen LogP contribution in [0.1, 0.15) is 39.6 Å². The number of hydrogen-bond acceptors (Lipinski definition) is 5. The molecule has 9 nitrogen and oxygen atoms in total. The first-order chi connectivity index (χ1) is 13.9. The van der Waals surface area contributed by atoms with E-state index >= 15 is 0 Å². The minimum absolute atomic E-state index is 0.173. The number of carbonyl (C=O) groups is 2. The van der Waals surface area contributed by atoms with Crippen molar-refractivity contribution >= 4 is 22.8 Å². The van der Waals surface area contributed by atoms with Crippen molar-refractivity contribution < 1.29 is 9.59 Å². The number of benzene rings is 1. The third-order valence-electron chi connectivity index (χ3n) is 4.41. The Balaban J connectivity index is 1.84. The molecule has 0 aliphatic heterocycles. The SMILES string of the molecule is CCCn1c(=O)[nH]c(=O)c2cc(C(=O)NCc3cccc(C(=O)NC)c3)cnc21. The highest BCUT2D eigenvalue weighted by atomic mass is 16.2. The molecule has 0 spiro atoms. The summed E-state index contributed by atoms with van der Waals surface area (Å²) in [5.74, 6) is -0.633. The Morgan fingerprint density at radius 1 is 1.14 bits per heavy atom. The molecule has 0 fully saturated rings. The molecule has 9 heteroatoms. The van der Waals surface area contributed by atoms with Gasteiger partial charge in [0.25, 0.3) is 17.4 Å². The molecule has 0 saturated heterocycles. The van der Waals surface area contributed by atoms with Gasteiger partial charge in [-0.2, -0.15) is 0 Å². The van der Waals surface area contributed by atoms with Crippen molar-refractivity contribution in [3.8, 4) is 0 Å². The average Bonchev–Trinajstić information content (AvgIpc) is 2.74. The van der Waals surface area contributed by atoms with E-state index in [1.807, 2.05) is 6.92 Å². The van der Waals surface area contributed by atoms with Gasteiger partial charge in [0.05, 0.1) is 10.9 Å². The first-order valence-corrected chi connectivity index (χ1v) is 9.16. The highest BCUT2D eigenvalue weighted by Crippen LogP contribution is 2.10. The molecular weight excluding hydrogens is 374 g/mol. The number of rotatable bonds is 6. The zero-order valence-corrected chi connectivity index (χ0v) is 16.1. The summed E-state index contributed by atoms with van der Waals surface area (Å²) in [6.45, 7) is 2.52. The molecule has 0 aliphatic rings. The maximum Gasteiger partial charge on any atom is 0.329 e. The molecule has 0 aliphatic carbocycles. The Morgan fingerprint density at radius 2 is 1.93 bits per heavy atom. The maximum absolute atomic E-state index is 12.5. The monoisotopic (exact) mass is 395 g/mol. The zero-order chi connectivity index (χ0) is 21.0. The fourth-order valence-corrected chi connectivity index (χ4v) is 2.97. The van der Waals surface area contributed by atoms with Gasteiger partial charge in [-0.1, -0.05) is 19.1 Å². The molecule has 0 atom stereocenters. The van der Waals surface area contributed by atoms with E-state index in [0.717, 1.165) is 5.56 Å². The summed E-state index contributed by atoms with van der Waals surface area (Å²) in [6, 6.07) is 8.31. The number of pyridine rings is 1. The average molecular weight is 395 g/mol.